The highest BCUT2D eigenvalue weighted by Gasteiger charge is 2.24. The number of aliphatic hydroxyl groups is 1. The number of rotatable bonds is 6. The highest BCUT2D eigenvalue weighted by atomic mass is 35.5. The number of nitrogens with one attached hydrogen (secondary N) is 1. The van der Waals surface area contributed by atoms with Crippen LogP contribution in [-0.2, 0) is 10.0 Å². The monoisotopic (exact) mass is 306 g/mol. The van der Waals surface area contributed by atoms with Crippen LogP contribution in [-0.4, -0.2) is 25.7 Å². The van der Waals surface area contributed by atoms with E-state index in [4.69, 9.17) is 17.3 Å². The third-order valence-corrected chi connectivity index (χ3v) is 4.40. The zero-order valence-corrected chi connectivity index (χ0v) is 12.6. The van der Waals surface area contributed by atoms with Crippen molar-refractivity contribution < 1.29 is 13.5 Å². The standard InChI is InChI=1S/C12H19ClN2O3S/c1-3-6-12(2,16)8-15-19(17,18)11-5-4-9(13)7-10(11)14/h4-5,7,15-16H,3,6,8,14H2,1-2H3. The molecule has 0 amide bonds. The molecule has 1 aromatic carbocycles. The molecule has 4 N–H and O–H groups in total. The quantitative estimate of drug-likeness (QED) is 0.698. The fraction of sp³-hybridized carbons (Fsp3) is 0.500. The Morgan fingerprint density at radius 1 is 1.47 bits per heavy atom. The van der Waals surface area contributed by atoms with Crippen LogP contribution in [0.15, 0.2) is 23.1 Å². The first-order valence-corrected chi connectivity index (χ1v) is 7.81. The van der Waals surface area contributed by atoms with Crippen LogP contribution in [0.2, 0.25) is 5.02 Å². The summed E-state index contributed by atoms with van der Waals surface area (Å²) in [4.78, 5) is -0.0378. The molecule has 0 aliphatic rings. The van der Waals surface area contributed by atoms with Crippen molar-refractivity contribution >= 4 is 27.3 Å². The van der Waals surface area contributed by atoms with Crippen LogP contribution in [0.1, 0.15) is 26.7 Å². The zero-order valence-electron chi connectivity index (χ0n) is 11.0. The number of benzene rings is 1. The highest BCUT2D eigenvalue weighted by Crippen LogP contribution is 2.22. The third-order valence-electron chi connectivity index (χ3n) is 2.69. The Morgan fingerprint density at radius 3 is 2.63 bits per heavy atom. The summed E-state index contributed by atoms with van der Waals surface area (Å²) in [6, 6.07) is 4.17. The van der Waals surface area contributed by atoms with Crippen molar-refractivity contribution in [1.29, 1.82) is 0 Å². The normalized spacial score (nSPS) is 15.2. The first kappa shape index (κ1) is 16.2. The van der Waals surface area contributed by atoms with E-state index in [1.807, 2.05) is 6.92 Å². The Morgan fingerprint density at radius 2 is 2.11 bits per heavy atom. The maximum absolute atomic E-state index is 12.1. The summed E-state index contributed by atoms with van der Waals surface area (Å²) in [5.41, 5.74) is 4.64. The van der Waals surface area contributed by atoms with E-state index in [-0.39, 0.29) is 17.1 Å². The predicted molar refractivity (Wildman–Crippen MR) is 76.6 cm³/mol. The number of hydrogen-bond donors (Lipinski definition) is 3. The molecule has 0 saturated carbocycles. The number of nitrogen functional groups attached to an aromatic ring is 1. The second-order valence-corrected chi connectivity index (χ2v) is 6.93. The number of hydrogen-bond acceptors (Lipinski definition) is 4. The zero-order chi connectivity index (χ0) is 14.7. The van der Waals surface area contributed by atoms with Crippen LogP contribution in [0.5, 0.6) is 0 Å². The van der Waals surface area contributed by atoms with Crippen LogP contribution in [0.25, 0.3) is 0 Å². The van der Waals surface area contributed by atoms with Gasteiger partial charge in [-0.15, -0.1) is 0 Å². The van der Waals surface area contributed by atoms with Gasteiger partial charge in [-0.25, -0.2) is 13.1 Å². The molecule has 1 rings (SSSR count). The molecular weight excluding hydrogens is 288 g/mol. The van der Waals surface area contributed by atoms with Crippen LogP contribution in [0.4, 0.5) is 5.69 Å². The third kappa shape index (κ3) is 4.65. The van der Waals surface area contributed by atoms with Crippen molar-refractivity contribution in [1.82, 2.24) is 4.72 Å². The number of anilines is 1. The molecule has 5 nitrogen and oxygen atoms in total. The summed E-state index contributed by atoms with van der Waals surface area (Å²) in [5, 5.41) is 10.3. The molecule has 0 radical (unpaired) electrons. The minimum Gasteiger partial charge on any atom is -0.398 e. The Hall–Kier alpha value is -0.820. The molecule has 1 unspecified atom stereocenters. The van der Waals surface area contributed by atoms with E-state index in [0.29, 0.717) is 11.4 Å². The lowest BCUT2D eigenvalue weighted by molar-refractivity contribution is 0.0554. The van der Waals surface area contributed by atoms with Crippen molar-refractivity contribution in [2.24, 2.45) is 0 Å². The highest BCUT2D eigenvalue weighted by molar-refractivity contribution is 7.89. The lowest BCUT2D eigenvalue weighted by Crippen LogP contribution is -2.40. The maximum atomic E-state index is 12.1. The first-order chi connectivity index (χ1) is 8.68. The van der Waals surface area contributed by atoms with Gasteiger partial charge in [-0.1, -0.05) is 24.9 Å². The van der Waals surface area contributed by atoms with E-state index in [9.17, 15) is 13.5 Å². The van der Waals surface area contributed by atoms with Crippen LogP contribution >= 0.6 is 11.6 Å². The molecule has 0 saturated heterocycles. The predicted octanol–water partition coefficient (Wildman–Crippen LogP) is 1.75. The van der Waals surface area contributed by atoms with E-state index in [0.717, 1.165) is 6.42 Å². The molecule has 0 aliphatic heterocycles. The molecule has 7 heteroatoms. The van der Waals surface area contributed by atoms with Gasteiger partial charge in [0.05, 0.1) is 11.3 Å². The summed E-state index contributed by atoms with van der Waals surface area (Å²) in [6.07, 6.45) is 1.27. The molecule has 1 aromatic rings. The molecule has 0 fully saturated rings. The SMILES string of the molecule is CCCC(C)(O)CNS(=O)(=O)c1ccc(Cl)cc1N. The van der Waals surface area contributed by atoms with Crippen molar-refractivity contribution in [2.75, 3.05) is 12.3 Å². The topological polar surface area (TPSA) is 92.4 Å². The van der Waals surface area contributed by atoms with Crippen LogP contribution in [0.3, 0.4) is 0 Å². The van der Waals surface area contributed by atoms with Crippen molar-refractivity contribution in [3.8, 4) is 0 Å². The van der Waals surface area contributed by atoms with Gasteiger partial charge in [-0.05, 0) is 31.5 Å². The maximum Gasteiger partial charge on any atom is 0.242 e. The van der Waals surface area contributed by atoms with Gasteiger partial charge in [0, 0.05) is 11.6 Å². The molecule has 0 heterocycles. The molecule has 0 aliphatic carbocycles. The smallest absolute Gasteiger partial charge is 0.242 e. The summed E-state index contributed by atoms with van der Waals surface area (Å²) in [7, 11) is -3.75. The average Bonchev–Trinajstić information content (AvgIpc) is 2.26. The van der Waals surface area contributed by atoms with Gasteiger partial charge >= 0.3 is 0 Å². The summed E-state index contributed by atoms with van der Waals surface area (Å²) in [5.74, 6) is 0. The minimum atomic E-state index is -3.75. The van der Waals surface area contributed by atoms with Crippen molar-refractivity contribution in [3.05, 3.63) is 23.2 Å². The second-order valence-electron chi connectivity index (χ2n) is 4.75. The van der Waals surface area contributed by atoms with E-state index in [1.54, 1.807) is 6.92 Å². The molecule has 108 valence electrons. The minimum absolute atomic E-state index is 0.0378. The van der Waals surface area contributed by atoms with Crippen LogP contribution < -0.4 is 10.5 Å². The summed E-state index contributed by atoms with van der Waals surface area (Å²) < 4.78 is 26.5. The molecule has 0 bridgehead atoms. The first-order valence-electron chi connectivity index (χ1n) is 5.95. The van der Waals surface area contributed by atoms with Crippen molar-refractivity contribution in [2.45, 2.75) is 37.2 Å². The lowest BCUT2D eigenvalue weighted by Gasteiger charge is -2.23. The van der Waals surface area contributed by atoms with Crippen molar-refractivity contribution in [3.63, 3.8) is 0 Å². The Kier molecular flexibility index (Phi) is 5.20. The fourth-order valence-corrected chi connectivity index (χ4v) is 3.17. The summed E-state index contributed by atoms with van der Waals surface area (Å²) >= 11 is 5.72. The van der Waals surface area contributed by atoms with E-state index in [2.05, 4.69) is 4.72 Å². The van der Waals surface area contributed by atoms with Gasteiger partial charge in [0.25, 0.3) is 0 Å². The average molecular weight is 307 g/mol. The number of halogens is 1. The van der Waals surface area contributed by atoms with Gasteiger partial charge in [0.15, 0.2) is 0 Å². The van der Waals surface area contributed by atoms with E-state index < -0.39 is 15.6 Å². The van der Waals surface area contributed by atoms with Gasteiger partial charge < -0.3 is 10.8 Å². The Bertz CT molecular complexity index is 544. The van der Waals surface area contributed by atoms with E-state index >= 15 is 0 Å². The van der Waals surface area contributed by atoms with E-state index in [1.165, 1.54) is 18.2 Å². The number of sulfonamides is 1. The molecule has 19 heavy (non-hydrogen) atoms. The van der Waals surface area contributed by atoms with Crippen LogP contribution in [0, 0.1) is 0 Å². The summed E-state index contributed by atoms with van der Waals surface area (Å²) in [6.45, 7) is 3.44. The molecular formula is C12H19ClN2O3S. The van der Waals surface area contributed by atoms with Gasteiger partial charge in [-0.2, -0.15) is 0 Å². The molecule has 0 spiro atoms. The Balaban J connectivity index is 2.87. The molecule has 0 aromatic heterocycles. The number of nitrogens with two attached hydrogens (primary N) is 1. The largest absolute Gasteiger partial charge is 0.398 e. The second kappa shape index (κ2) is 6.09. The van der Waals surface area contributed by atoms with Gasteiger partial charge in [0.1, 0.15) is 4.90 Å². The Labute approximate surface area is 118 Å². The molecule has 1 atom stereocenters. The lowest BCUT2D eigenvalue weighted by atomic mass is 10.0. The fourth-order valence-electron chi connectivity index (χ4n) is 1.72. The van der Waals surface area contributed by atoms with Gasteiger partial charge in [0.2, 0.25) is 10.0 Å². The van der Waals surface area contributed by atoms with Gasteiger partial charge in [-0.3, -0.25) is 0 Å².